The van der Waals surface area contributed by atoms with Gasteiger partial charge in [0.2, 0.25) is 11.6 Å². The molecular formula is C15H26O5. The van der Waals surface area contributed by atoms with Gasteiger partial charge in [-0.2, -0.15) is 19.6 Å². The van der Waals surface area contributed by atoms with E-state index in [2.05, 4.69) is 20.8 Å². The minimum Gasteiger partial charge on any atom is -0.381 e. The summed E-state index contributed by atoms with van der Waals surface area (Å²) in [6, 6.07) is 0. The summed E-state index contributed by atoms with van der Waals surface area (Å²) in [5.74, 6) is -0.769. The van der Waals surface area contributed by atoms with Gasteiger partial charge in [-0.3, -0.25) is 0 Å². The van der Waals surface area contributed by atoms with Crippen molar-refractivity contribution in [1.29, 1.82) is 0 Å². The molecule has 3 fully saturated rings. The van der Waals surface area contributed by atoms with E-state index in [4.69, 9.17) is 24.3 Å². The van der Waals surface area contributed by atoms with Crippen molar-refractivity contribution in [2.24, 2.45) is 11.3 Å². The van der Waals surface area contributed by atoms with Gasteiger partial charge in [0.25, 0.3) is 0 Å². The van der Waals surface area contributed by atoms with Gasteiger partial charge < -0.3 is 4.74 Å². The zero-order valence-electron chi connectivity index (χ0n) is 12.8. The minimum atomic E-state index is -0.760. The number of ether oxygens (including phenoxy) is 1. The fraction of sp³-hybridized carbons (Fsp3) is 1.00. The molecular weight excluding hydrogens is 260 g/mol. The Bertz CT molecular complexity index is 323. The van der Waals surface area contributed by atoms with Crippen molar-refractivity contribution < 1.29 is 24.3 Å². The lowest BCUT2D eigenvalue weighted by molar-refractivity contribution is -0.664. The molecule has 2 heterocycles. The molecule has 0 N–H and O–H groups in total. The predicted molar refractivity (Wildman–Crippen MR) is 71.3 cm³/mol. The van der Waals surface area contributed by atoms with Crippen LogP contribution in [0.25, 0.3) is 0 Å². The van der Waals surface area contributed by atoms with Gasteiger partial charge in [-0.25, -0.2) is 0 Å². The summed E-state index contributed by atoms with van der Waals surface area (Å²) < 4.78 is 5.31. The van der Waals surface area contributed by atoms with Crippen LogP contribution in [-0.2, 0) is 24.3 Å². The summed E-state index contributed by atoms with van der Waals surface area (Å²) in [5, 5.41) is 0. The molecule has 0 unspecified atom stereocenters. The standard InChI is InChI=1S/C15H26O5/c1-13(2,3)12-4-6-14(7-5-12)17-19-15(20-18-14)8-10-16-11-9-15/h12H,4-11H2,1-3H3. The maximum atomic E-state index is 5.66. The molecule has 0 bridgehead atoms. The second-order valence-electron chi connectivity index (χ2n) is 7.41. The molecule has 0 aromatic rings. The van der Waals surface area contributed by atoms with Crippen LogP contribution in [0.5, 0.6) is 0 Å². The molecule has 5 nitrogen and oxygen atoms in total. The lowest BCUT2D eigenvalue weighted by Gasteiger charge is -2.47. The van der Waals surface area contributed by atoms with Crippen LogP contribution in [0.15, 0.2) is 0 Å². The molecule has 0 aromatic heterocycles. The van der Waals surface area contributed by atoms with Gasteiger partial charge >= 0.3 is 0 Å². The Morgan fingerprint density at radius 3 is 1.65 bits per heavy atom. The van der Waals surface area contributed by atoms with Gasteiger partial charge in [0.1, 0.15) is 0 Å². The summed E-state index contributed by atoms with van der Waals surface area (Å²) in [6.07, 6.45) is 5.09. The van der Waals surface area contributed by atoms with E-state index in [9.17, 15) is 0 Å². The first-order valence-electron chi connectivity index (χ1n) is 7.75. The molecule has 0 atom stereocenters. The molecule has 0 amide bonds. The molecule has 116 valence electrons. The fourth-order valence-corrected chi connectivity index (χ4v) is 3.27. The Balaban J connectivity index is 1.56. The first-order chi connectivity index (χ1) is 9.43. The highest BCUT2D eigenvalue weighted by Crippen LogP contribution is 2.47. The van der Waals surface area contributed by atoms with Crippen LogP contribution in [0.4, 0.5) is 0 Å². The summed E-state index contributed by atoms with van der Waals surface area (Å²) in [7, 11) is 0. The molecule has 5 heteroatoms. The van der Waals surface area contributed by atoms with Crippen molar-refractivity contribution in [3.05, 3.63) is 0 Å². The lowest BCUT2D eigenvalue weighted by atomic mass is 9.71. The van der Waals surface area contributed by atoms with Crippen LogP contribution in [0, 0.1) is 11.3 Å². The minimum absolute atomic E-state index is 0.333. The van der Waals surface area contributed by atoms with Gasteiger partial charge in [-0.15, -0.1) is 0 Å². The average Bonchev–Trinajstić information content (AvgIpc) is 2.44. The van der Waals surface area contributed by atoms with E-state index in [-0.39, 0.29) is 0 Å². The lowest BCUT2D eigenvalue weighted by Crippen LogP contribution is -2.54. The number of hydrogen-bond acceptors (Lipinski definition) is 5. The first kappa shape index (κ1) is 14.7. The van der Waals surface area contributed by atoms with E-state index in [1.54, 1.807) is 0 Å². The third kappa shape index (κ3) is 2.88. The summed E-state index contributed by atoms with van der Waals surface area (Å²) in [6.45, 7) is 8.12. The van der Waals surface area contributed by atoms with Gasteiger partial charge in [0, 0.05) is 25.7 Å². The predicted octanol–water partition coefficient (Wildman–Crippen LogP) is 3.34. The Kier molecular flexibility index (Phi) is 3.84. The second kappa shape index (κ2) is 5.21. The van der Waals surface area contributed by atoms with Crippen LogP contribution in [0.2, 0.25) is 0 Å². The van der Waals surface area contributed by atoms with Gasteiger partial charge in [0.05, 0.1) is 13.2 Å². The Morgan fingerprint density at radius 1 is 0.750 bits per heavy atom. The van der Waals surface area contributed by atoms with Crippen molar-refractivity contribution in [2.45, 2.75) is 70.9 Å². The van der Waals surface area contributed by atoms with Gasteiger partial charge in [-0.1, -0.05) is 20.8 Å². The SMILES string of the molecule is CC(C)(C)C1CCC2(CC1)OOC1(CCOCC1)OO2. The molecule has 2 spiro atoms. The molecule has 2 aliphatic heterocycles. The van der Waals surface area contributed by atoms with E-state index < -0.39 is 11.6 Å². The van der Waals surface area contributed by atoms with Crippen LogP contribution in [0.1, 0.15) is 59.3 Å². The zero-order chi connectivity index (χ0) is 14.3. The second-order valence-corrected chi connectivity index (χ2v) is 7.41. The monoisotopic (exact) mass is 286 g/mol. The normalized spacial score (nSPS) is 30.8. The number of hydrogen-bond donors (Lipinski definition) is 0. The third-order valence-corrected chi connectivity index (χ3v) is 4.92. The van der Waals surface area contributed by atoms with Crippen molar-refractivity contribution in [2.75, 3.05) is 13.2 Å². The molecule has 3 rings (SSSR count). The highest BCUT2D eigenvalue weighted by molar-refractivity contribution is 4.85. The van der Waals surface area contributed by atoms with Crippen LogP contribution in [0.3, 0.4) is 0 Å². The summed E-state index contributed by atoms with van der Waals surface area (Å²) in [4.78, 5) is 22.5. The van der Waals surface area contributed by atoms with Crippen LogP contribution >= 0.6 is 0 Å². The smallest absolute Gasteiger partial charge is 0.238 e. The third-order valence-electron chi connectivity index (χ3n) is 4.92. The van der Waals surface area contributed by atoms with E-state index in [0.717, 1.165) is 25.7 Å². The molecule has 20 heavy (non-hydrogen) atoms. The van der Waals surface area contributed by atoms with E-state index in [1.165, 1.54) is 0 Å². The van der Waals surface area contributed by atoms with E-state index in [0.29, 0.717) is 37.4 Å². The average molecular weight is 286 g/mol. The van der Waals surface area contributed by atoms with Crippen LogP contribution in [-0.4, -0.2) is 24.8 Å². The molecule has 2 saturated heterocycles. The van der Waals surface area contributed by atoms with Crippen LogP contribution < -0.4 is 0 Å². The van der Waals surface area contributed by atoms with Gasteiger partial charge in [-0.05, 0) is 24.2 Å². The topological polar surface area (TPSA) is 46.2 Å². The summed E-state index contributed by atoms with van der Waals surface area (Å²) >= 11 is 0. The Labute approximate surface area is 120 Å². The Morgan fingerprint density at radius 2 is 1.20 bits per heavy atom. The van der Waals surface area contributed by atoms with E-state index in [1.807, 2.05) is 0 Å². The maximum Gasteiger partial charge on any atom is 0.238 e. The molecule has 0 aromatic carbocycles. The fourth-order valence-electron chi connectivity index (χ4n) is 3.27. The quantitative estimate of drug-likeness (QED) is 0.639. The van der Waals surface area contributed by atoms with Crippen molar-refractivity contribution >= 4 is 0 Å². The first-order valence-corrected chi connectivity index (χ1v) is 7.75. The highest BCUT2D eigenvalue weighted by atomic mass is 17.4. The zero-order valence-corrected chi connectivity index (χ0v) is 12.8. The molecule has 1 aliphatic carbocycles. The van der Waals surface area contributed by atoms with Crippen molar-refractivity contribution in [3.63, 3.8) is 0 Å². The summed E-state index contributed by atoms with van der Waals surface area (Å²) in [5.41, 5.74) is 0.333. The molecule has 3 aliphatic rings. The highest BCUT2D eigenvalue weighted by Gasteiger charge is 2.51. The van der Waals surface area contributed by atoms with Gasteiger partial charge in [0.15, 0.2) is 0 Å². The van der Waals surface area contributed by atoms with E-state index >= 15 is 0 Å². The Hall–Kier alpha value is -0.200. The van der Waals surface area contributed by atoms with Crippen molar-refractivity contribution in [1.82, 2.24) is 0 Å². The van der Waals surface area contributed by atoms with Crippen molar-refractivity contribution in [3.8, 4) is 0 Å². The molecule has 1 saturated carbocycles. The largest absolute Gasteiger partial charge is 0.381 e. The number of rotatable bonds is 0. The maximum absolute atomic E-state index is 5.66. The molecule has 0 radical (unpaired) electrons.